The van der Waals surface area contributed by atoms with Crippen LogP contribution in [0.1, 0.15) is 20.3 Å². The molecule has 0 aromatic carbocycles. The average molecular weight is 254 g/mol. The van der Waals surface area contributed by atoms with Crippen LogP contribution >= 0.6 is 0 Å². The summed E-state index contributed by atoms with van der Waals surface area (Å²) in [5.41, 5.74) is 2.61. The first-order valence-corrected chi connectivity index (χ1v) is 6.01. The van der Waals surface area contributed by atoms with Crippen LogP contribution in [0.15, 0.2) is 15.3 Å². The predicted octanol–water partition coefficient (Wildman–Crippen LogP) is 1.17. The van der Waals surface area contributed by atoms with Gasteiger partial charge in [0.1, 0.15) is 5.71 Å². The minimum atomic E-state index is 0.811. The third-order valence-corrected chi connectivity index (χ3v) is 1.92. The van der Waals surface area contributed by atoms with Crippen LogP contribution < -0.4 is 0 Å². The minimum absolute atomic E-state index is 0.811. The third-order valence-electron chi connectivity index (χ3n) is 1.92. The van der Waals surface area contributed by atoms with Gasteiger partial charge in [0, 0.05) is 42.3 Å². The van der Waals surface area contributed by atoms with Gasteiger partial charge in [-0.15, -0.1) is 0 Å². The molecule has 0 atom stereocenters. The van der Waals surface area contributed by atoms with Crippen molar-refractivity contribution in [3.05, 3.63) is 0 Å². The molecule has 0 amide bonds. The Balaban J connectivity index is 5.49. The van der Waals surface area contributed by atoms with Crippen LogP contribution in [0.3, 0.4) is 0 Å². The molecule has 0 saturated carbocycles. The molecule has 0 radical (unpaired) electrons. The quantitative estimate of drug-likeness (QED) is 0.528. The van der Waals surface area contributed by atoms with Crippen LogP contribution in [0, 0.1) is 0 Å². The number of hydrazone groups is 3. The summed E-state index contributed by atoms with van der Waals surface area (Å²) in [5, 5.41) is 18.7. The van der Waals surface area contributed by atoms with Crippen LogP contribution in [0.2, 0.25) is 0 Å². The van der Waals surface area contributed by atoms with E-state index in [1.165, 1.54) is 0 Å². The third kappa shape index (κ3) is 6.22. The Labute approximate surface area is 111 Å². The maximum absolute atomic E-state index is 4.49. The Morgan fingerprint density at radius 1 is 0.778 bits per heavy atom. The molecular weight excluding hydrogens is 228 g/mol. The standard InChI is InChI=1S/C12H26N6/c1-9-11(14-17(5)6)12(15-18(7)8)10(2)13-16(3)4/h9H2,1-8H3. The topological polar surface area (TPSA) is 46.8 Å². The van der Waals surface area contributed by atoms with Gasteiger partial charge < -0.3 is 15.0 Å². The van der Waals surface area contributed by atoms with E-state index in [1.807, 2.05) is 49.2 Å². The van der Waals surface area contributed by atoms with E-state index in [0.29, 0.717) is 0 Å². The molecular formula is C12H26N6. The summed E-state index contributed by atoms with van der Waals surface area (Å²) in [7, 11) is 11.4. The normalized spacial score (nSPS) is 13.7. The van der Waals surface area contributed by atoms with E-state index in [4.69, 9.17) is 0 Å². The van der Waals surface area contributed by atoms with Gasteiger partial charge in [0.05, 0.1) is 11.4 Å². The number of hydrogen-bond donors (Lipinski definition) is 0. The summed E-state index contributed by atoms with van der Waals surface area (Å²) in [5.74, 6) is 0. The SMILES string of the molecule is CCC(=NN(C)C)C(=NN(C)C)C(C)=NN(C)C. The molecule has 0 unspecified atom stereocenters. The van der Waals surface area contributed by atoms with E-state index < -0.39 is 0 Å². The van der Waals surface area contributed by atoms with Gasteiger partial charge in [-0.05, 0) is 13.3 Å². The summed E-state index contributed by atoms with van der Waals surface area (Å²) >= 11 is 0. The molecule has 0 spiro atoms. The second kappa shape index (κ2) is 7.68. The van der Waals surface area contributed by atoms with Crippen LogP contribution in [-0.4, -0.2) is 74.4 Å². The molecule has 0 aromatic rings. The van der Waals surface area contributed by atoms with Crippen molar-refractivity contribution in [2.75, 3.05) is 42.3 Å². The summed E-state index contributed by atoms with van der Waals surface area (Å²) in [6.45, 7) is 4.01. The molecule has 0 saturated heterocycles. The molecule has 6 nitrogen and oxygen atoms in total. The van der Waals surface area contributed by atoms with Crippen LogP contribution in [0.25, 0.3) is 0 Å². The Hall–Kier alpha value is -1.59. The van der Waals surface area contributed by atoms with E-state index in [1.54, 1.807) is 15.0 Å². The van der Waals surface area contributed by atoms with Crippen LogP contribution in [0.4, 0.5) is 0 Å². The first-order chi connectivity index (χ1) is 8.27. The largest absolute Gasteiger partial charge is 0.303 e. The fourth-order valence-electron chi connectivity index (χ4n) is 1.41. The van der Waals surface area contributed by atoms with Gasteiger partial charge in [-0.2, -0.15) is 15.3 Å². The average Bonchev–Trinajstić information content (AvgIpc) is 2.21. The van der Waals surface area contributed by atoms with Gasteiger partial charge in [-0.1, -0.05) is 6.92 Å². The molecule has 0 aliphatic rings. The predicted molar refractivity (Wildman–Crippen MR) is 79.3 cm³/mol. The van der Waals surface area contributed by atoms with E-state index in [0.717, 1.165) is 23.6 Å². The molecule has 0 fully saturated rings. The van der Waals surface area contributed by atoms with Gasteiger partial charge in [0.2, 0.25) is 0 Å². The van der Waals surface area contributed by atoms with E-state index >= 15 is 0 Å². The van der Waals surface area contributed by atoms with Gasteiger partial charge in [0.15, 0.2) is 0 Å². The zero-order valence-corrected chi connectivity index (χ0v) is 12.9. The molecule has 0 N–H and O–H groups in total. The van der Waals surface area contributed by atoms with Gasteiger partial charge in [0.25, 0.3) is 0 Å². The van der Waals surface area contributed by atoms with Crippen molar-refractivity contribution in [1.82, 2.24) is 15.0 Å². The van der Waals surface area contributed by atoms with Crippen molar-refractivity contribution >= 4 is 17.1 Å². The summed E-state index contributed by atoms with van der Waals surface area (Å²) in [6, 6.07) is 0. The number of hydrogen-bond acceptors (Lipinski definition) is 6. The monoisotopic (exact) mass is 254 g/mol. The highest BCUT2D eigenvalue weighted by atomic mass is 15.5. The van der Waals surface area contributed by atoms with Gasteiger partial charge >= 0.3 is 0 Å². The molecule has 104 valence electrons. The Bertz CT molecular complexity index is 338. The minimum Gasteiger partial charge on any atom is -0.303 e. The Kier molecular flexibility index (Phi) is 7.00. The summed E-state index contributed by atoms with van der Waals surface area (Å²) < 4.78 is 0. The van der Waals surface area contributed by atoms with Crippen molar-refractivity contribution in [3.8, 4) is 0 Å². The van der Waals surface area contributed by atoms with Crippen molar-refractivity contribution in [3.63, 3.8) is 0 Å². The molecule has 0 rings (SSSR count). The zero-order chi connectivity index (χ0) is 14.3. The molecule has 0 aliphatic carbocycles. The maximum atomic E-state index is 4.49. The molecule has 18 heavy (non-hydrogen) atoms. The van der Waals surface area contributed by atoms with Gasteiger partial charge in [-0.25, -0.2) is 0 Å². The first-order valence-electron chi connectivity index (χ1n) is 6.01. The highest BCUT2D eigenvalue weighted by Gasteiger charge is 2.13. The lowest BCUT2D eigenvalue weighted by atomic mass is 10.1. The highest BCUT2D eigenvalue weighted by Crippen LogP contribution is 1.99. The second-order valence-electron chi connectivity index (χ2n) is 4.58. The molecule has 6 heteroatoms. The van der Waals surface area contributed by atoms with Crippen molar-refractivity contribution in [1.29, 1.82) is 0 Å². The van der Waals surface area contributed by atoms with Gasteiger partial charge in [-0.3, -0.25) is 0 Å². The summed E-state index contributed by atoms with van der Waals surface area (Å²) in [4.78, 5) is 0. The van der Waals surface area contributed by atoms with Crippen molar-refractivity contribution in [2.24, 2.45) is 15.3 Å². The first kappa shape index (κ1) is 16.4. The molecule has 0 aliphatic heterocycles. The fraction of sp³-hybridized carbons (Fsp3) is 0.750. The highest BCUT2D eigenvalue weighted by molar-refractivity contribution is 6.68. The van der Waals surface area contributed by atoms with Crippen molar-refractivity contribution < 1.29 is 0 Å². The lowest BCUT2D eigenvalue weighted by Gasteiger charge is -2.15. The second-order valence-corrected chi connectivity index (χ2v) is 4.58. The summed E-state index contributed by atoms with van der Waals surface area (Å²) in [6.07, 6.45) is 0.811. The Morgan fingerprint density at radius 2 is 1.22 bits per heavy atom. The molecule has 0 bridgehead atoms. The smallest absolute Gasteiger partial charge is 0.129 e. The maximum Gasteiger partial charge on any atom is 0.129 e. The van der Waals surface area contributed by atoms with E-state index in [9.17, 15) is 0 Å². The number of nitrogens with zero attached hydrogens (tertiary/aromatic N) is 6. The van der Waals surface area contributed by atoms with Crippen LogP contribution in [0.5, 0.6) is 0 Å². The lowest BCUT2D eigenvalue weighted by Crippen LogP contribution is -2.28. The molecule has 0 aromatic heterocycles. The number of rotatable bonds is 6. The molecule has 0 heterocycles. The van der Waals surface area contributed by atoms with E-state index in [2.05, 4.69) is 22.2 Å². The lowest BCUT2D eigenvalue weighted by molar-refractivity contribution is 0.430. The Morgan fingerprint density at radius 3 is 1.56 bits per heavy atom. The fourth-order valence-corrected chi connectivity index (χ4v) is 1.41. The van der Waals surface area contributed by atoms with Crippen LogP contribution in [-0.2, 0) is 0 Å². The van der Waals surface area contributed by atoms with Crippen molar-refractivity contribution in [2.45, 2.75) is 20.3 Å². The zero-order valence-electron chi connectivity index (χ0n) is 12.9. The van der Waals surface area contributed by atoms with E-state index in [-0.39, 0.29) is 0 Å².